The lowest BCUT2D eigenvalue weighted by Crippen LogP contribution is -2.12. The fourth-order valence-corrected chi connectivity index (χ4v) is 2.57. The van der Waals surface area contributed by atoms with E-state index in [0.717, 1.165) is 15.8 Å². The number of carbonyl (C=O) groups is 1. The minimum atomic E-state index is -0.563. The van der Waals surface area contributed by atoms with Gasteiger partial charge in [0.1, 0.15) is 11.5 Å². The Balaban J connectivity index is 1.77. The summed E-state index contributed by atoms with van der Waals surface area (Å²) in [7, 11) is 0. The normalized spacial score (nSPS) is 10.8. The van der Waals surface area contributed by atoms with Crippen LogP contribution < -0.4 is 11.1 Å². The zero-order valence-corrected chi connectivity index (χ0v) is 13.6. The van der Waals surface area contributed by atoms with Crippen molar-refractivity contribution in [2.24, 2.45) is 5.73 Å². The number of nitrogens with one attached hydrogen (secondary N) is 1. The number of fused-ring (bicyclic) bond motifs is 1. The molecule has 1 amide bonds. The Morgan fingerprint density at radius 1 is 1.41 bits per heavy atom. The van der Waals surface area contributed by atoms with Crippen molar-refractivity contribution in [2.45, 2.75) is 6.54 Å². The predicted octanol–water partition coefficient (Wildman–Crippen LogP) is 2.86. The number of imidazole rings is 1. The van der Waals surface area contributed by atoms with Gasteiger partial charge in [-0.05, 0) is 34.1 Å². The summed E-state index contributed by atoms with van der Waals surface area (Å²) >= 11 is 9.49. The molecule has 6 nitrogen and oxygen atoms in total. The summed E-state index contributed by atoms with van der Waals surface area (Å²) in [6, 6.07) is 5.33. The molecule has 0 radical (unpaired) electrons. The summed E-state index contributed by atoms with van der Waals surface area (Å²) in [5.41, 5.74) is 7.14. The standard InChI is InChI=1S/C14H11BrClN5O/c15-9-1-2-12-20-10(7-21(12)6-9)5-19-14-11(16)3-8(4-18-14)13(17)22/h1-4,6-7H,5H2,(H2,17,22)(H,18,19). The lowest BCUT2D eigenvalue weighted by molar-refractivity contribution is 0.1000. The van der Waals surface area contributed by atoms with Crippen molar-refractivity contribution >= 4 is 44.9 Å². The van der Waals surface area contributed by atoms with E-state index in [-0.39, 0.29) is 5.56 Å². The number of hydrogen-bond donors (Lipinski definition) is 2. The summed E-state index contributed by atoms with van der Waals surface area (Å²) in [5.74, 6) is -0.0863. The summed E-state index contributed by atoms with van der Waals surface area (Å²) in [5, 5.41) is 3.42. The first-order valence-electron chi connectivity index (χ1n) is 6.35. The van der Waals surface area contributed by atoms with Gasteiger partial charge in [0.25, 0.3) is 0 Å². The maximum absolute atomic E-state index is 11.1. The van der Waals surface area contributed by atoms with Gasteiger partial charge in [0.2, 0.25) is 5.91 Å². The van der Waals surface area contributed by atoms with Gasteiger partial charge < -0.3 is 15.5 Å². The molecule has 0 saturated carbocycles. The Labute approximate surface area is 139 Å². The third kappa shape index (κ3) is 3.05. The molecule has 3 aromatic heterocycles. The zero-order chi connectivity index (χ0) is 15.7. The van der Waals surface area contributed by atoms with Gasteiger partial charge in [0.05, 0.1) is 22.8 Å². The molecular formula is C14H11BrClN5O. The van der Waals surface area contributed by atoms with Crippen molar-refractivity contribution < 1.29 is 4.79 Å². The van der Waals surface area contributed by atoms with Crippen molar-refractivity contribution in [3.63, 3.8) is 0 Å². The molecular weight excluding hydrogens is 370 g/mol. The van der Waals surface area contributed by atoms with E-state index < -0.39 is 5.91 Å². The number of pyridine rings is 2. The number of aromatic nitrogens is 3. The molecule has 0 spiro atoms. The Kier molecular flexibility index (Phi) is 4.00. The highest BCUT2D eigenvalue weighted by molar-refractivity contribution is 9.10. The van der Waals surface area contributed by atoms with Crippen molar-refractivity contribution in [1.29, 1.82) is 0 Å². The smallest absolute Gasteiger partial charge is 0.250 e. The van der Waals surface area contributed by atoms with Crippen LogP contribution in [0.3, 0.4) is 0 Å². The quantitative estimate of drug-likeness (QED) is 0.729. The molecule has 0 unspecified atom stereocenters. The summed E-state index contributed by atoms with van der Waals surface area (Å²) in [4.78, 5) is 19.6. The van der Waals surface area contributed by atoms with Crippen LogP contribution in [0.25, 0.3) is 5.65 Å². The molecule has 0 aliphatic carbocycles. The van der Waals surface area contributed by atoms with Gasteiger partial charge in [-0.1, -0.05) is 11.6 Å². The fourth-order valence-electron chi connectivity index (χ4n) is 1.98. The second-order valence-corrected chi connectivity index (χ2v) is 5.94. The number of nitrogens with zero attached hydrogens (tertiary/aromatic N) is 3. The zero-order valence-electron chi connectivity index (χ0n) is 11.3. The van der Waals surface area contributed by atoms with Crippen LogP contribution in [0.1, 0.15) is 16.1 Å². The lowest BCUT2D eigenvalue weighted by Gasteiger charge is -2.06. The molecule has 3 aromatic rings. The third-order valence-corrected chi connectivity index (χ3v) is 3.78. The van der Waals surface area contributed by atoms with Gasteiger partial charge in [-0.15, -0.1) is 0 Å². The highest BCUT2D eigenvalue weighted by atomic mass is 79.9. The van der Waals surface area contributed by atoms with Crippen LogP contribution >= 0.6 is 27.5 Å². The summed E-state index contributed by atoms with van der Waals surface area (Å²) in [6.45, 7) is 0.460. The van der Waals surface area contributed by atoms with Crippen molar-refractivity contribution in [2.75, 3.05) is 5.32 Å². The van der Waals surface area contributed by atoms with Crippen LogP contribution in [0.4, 0.5) is 5.82 Å². The molecule has 0 aliphatic rings. The number of carbonyl (C=O) groups excluding carboxylic acids is 1. The molecule has 0 aliphatic heterocycles. The number of amides is 1. The average molecular weight is 381 g/mol. The van der Waals surface area contributed by atoms with E-state index in [1.165, 1.54) is 12.3 Å². The molecule has 112 valence electrons. The lowest BCUT2D eigenvalue weighted by atomic mass is 10.2. The largest absolute Gasteiger partial charge is 0.366 e. The number of halogens is 2. The molecule has 3 N–H and O–H groups in total. The van der Waals surface area contributed by atoms with Crippen LogP contribution in [-0.2, 0) is 6.54 Å². The maximum atomic E-state index is 11.1. The van der Waals surface area contributed by atoms with E-state index in [9.17, 15) is 4.79 Å². The highest BCUT2D eigenvalue weighted by Crippen LogP contribution is 2.21. The summed E-state index contributed by atoms with van der Waals surface area (Å²) in [6.07, 6.45) is 5.23. The van der Waals surface area contributed by atoms with E-state index in [2.05, 4.69) is 31.2 Å². The fraction of sp³-hybridized carbons (Fsp3) is 0.0714. The second kappa shape index (κ2) is 5.94. The van der Waals surface area contributed by atoms with Gasteiger partial charge in [0, 0.05) is 23.1 Å². The minimum absolute atomic E-state index is 0.271. The molecule has 8 heteroatoms. The molecule has 0 saturated heterocycles. The maximum Gasteiger partial charge on any atom is 0.250 e. The third-order valence-electron chi connectivity index (χ3n) is 3.03. The van der Waals surface area contributed by atoms with Crippen molar-refractivity contribution in [3.05, 3.63) is 57.5 Å². The monoisotopic (exact) mass is 379 g/mol. The van der Waals surface area contributed by atoms with Crippen molar-refractivity contribution in [3.8, 4) is 0 Å². The van der Waals surface area contributed by atoms with Crippen molar-refractivity contribution in [1.82, 2.24) is 14.4 Å². The molecule has 0 aromatic carbocycles. The first-order chi connectivity index (χ1) is 10.5. The van der Waals surface area contributed by atoms with Crippen LogP contribution in [0.2, 0.25) is 5.02 Å². The molecule has 3 heterocycles. The second-order valence-electron chi connectivity index (χ2n) is 4.62. The Morgan fingerprint density at radius 3 is 2.95 bits per heavy atom. The van der Waals surface area contributed by atoms with E-state index in [1.807, 2.05) is 28.9 Å². The first kappa shape index (κ1) is 14.8. The van der Waals surface area contributed by atoms with Gasteiger partial charge in [-0.3, -0.25) is 4.79 Å². The van der Waals surface area contributed by atoms with Gasteiger partial charge in [-0.25, -0.2) is 9.97 Å². The molecule has 0 bridgehead atoms. The average Bonchev–Trinajstić information content (AvgIpc) is 2.87. The number of rotatable bonds is 4. The number of hydrogen-bond acceptors (Lipinski definition) is 4. The SMILES string of the molecule is NC(=O)c1cnc(NCc2cn3cc(Br)ccc3n2)c(Cl)c1. The molecule has 0 atom stereocenters. The van der Waals surface area contributed by atoms with Crippen LogP contribution in [0.5, 0.6) is 0 Å². The van der Waals surface area contributed by atoms with Gasteiger partial charge in [-0.2, -0.15) is 0 Å². The Morgan fingerprint density at radius 2 is 2.23 bits per heavy atom. The number of nitrogens with two attached hydrogens (primary N) is 1. The minimum Gasteiger partial charge on any atom is -0.366 e. The van der Waals surface area contributed by atoms with E-state index in [1.54, 1.807) is 0 Å². The van der Waals surface area contributed by atoms with E-state index in [0.29, 0.717) is 17.4 Å². The Bertz CT molecular complexity index is 864. The van der Waals surface area contributed by atoms with E-state index in [4.69, 9.17) is 17.3 Å². The van der Waals surface area contributed by atoms with Crippen LogP contribution in [0, 0.1) is 0 Å². The number of anilines is 1. The predicted molar refractivity (Wildman–Crippen MR) is 88.0 cm³/mol. The Hall–Kier alpha value is -2.12. The number of primary amides is 1. The molecule has 22 heavy (non-hydrogen) atoms. The highest BCUT2D eigenvalue weighted by Gasteiger charge is 2.08. The molecule has 3 rings (SSSR count). The van der Waals surface area contributed by atoms with Gasteiger partial charge in [0.15, 0.2) is 0 Å². The topological polar surface area (TPSA) is 85.3 Å². The van der Waals surface area contributed by atoms with Gasteiger partial charge >= 0.3 is 0 Å². The van der Waals surface area contributed by atoms with Crippen LogP contribution in [-0.4, -0.2) is 20.3 Å². The van der Waals surface area contributed by atoms with Crippen LogP contribution in [0.15, 0.2) is 41.3 Å². The van der Waals surface area contributed by atoms with E-state index >= 15 is 0 Å². The first-order valence-corrected chi connectivity index (χ1v) is 7.52. The summed E-state index contributed by atoms with van der Waals surface area (Å²) < 4.78 is 2.90. The molecule has 0 fully saturated rings.